The van der Waals surface area contributed by atoms with E-state index in [9.17, 15) is 36.3 Å². The summed E-state index contributed by atoms with van der Waals surface area (Å²) in [6.07, 6.45) is -6.11. The first-order valence-electron chi connectivity index (χ1n) is 15.2. The molecular weight excluding hydrogens is 539 g/mol. The second kappa shape index (κ2) is 10.9. The van der Waals surface area contributed by atoms with Crippen molar-refractivity contribution in [2.45, 2.75) is 49.9 Å². The number of aromatic amines is 1. The van der Waals surface area contributed by atoms with Gasteiger partial charge in [-0.25, -0.2) is 23.4 Å². The SMILES string of the molecule is [2H]C1([2H])CC(n2c(=O)[nH]c3ncccc32)CC([2H])([2H])N1C(=O)N[C@@H]1CC[C@@H](c2cccc(F)c2F)C([2H])([2H])N(CC(F)(F)F)C1=O. The summed E-state index contributed by atoms with van der Waals surface area (Å²) in [6.45, 7) is -11.0. The van der Waals surface area contributed by atoms with Crippen LogP contribution in [0.1, 0.15) is 51.4 Å². The molecule has 1 aromatic carbocycles. The average Bonchev–Trinajstić information content (AvgIpc) is 3.22. The Labute approximate surface area is 233 Å². The van der Waals surface area contributed by atoms with Crippen molar-refractivity contribution in [2.24, 2.45) is 0 Å². The molecule has 2 saturated heterocycles. The van der Waals surface area contributed by atoms with E-state index < -0.39 is 111 Å². The Balaban J connectivity index is 1.45. The molecule has 2 aliphatic heterocycles. The van der Waals surface area contributed by atoms with Crippen LogP contribution in [0.4, 0.5) is 26.7 Å². The Hall–Kier alpha value is -3.97. The van der Waals surface area contributed by atoms with Gasteiger partial charge in [-0.1, -0.05) is 12.1 Å². The topological polar surface area (TPSA) is 103 Å². The Morgan fingerprint density at radius 3 is 2.58 bits per heavy atom. The summed E-state index contributed by atoms with van der Waals surface area (Å²) in [4.78, 5) is 46.0. The molecule has 2 atom stereocenters. The van der Waals surface area contributed by atoms with Crippen molar-refractivity contribution in [1.29, 1.82) is 0 Å². The number of amides is 3. The third kappa shape index (κ3) is 5.65. The summed E-state index contributed by atoms with van der Waals surface area (Å²) in [6, 6.07) is 1.17. The highest BCUT2D eigenvalue weighted by molar-refractivity contribution is 5.87. The number of nitrogens with zero attached hydrogens (tertiary/aromatic N) is 4. The van der Waals surface area contributed by atoms with Crippen LogP contribution in [0.5, 0.6) is 0 Å². The highest BCUT2D eigenvalue weighted by Gasteiger charge is 2.40. The largest absolute Gasteiger partial charge is 0.406 e. The molecule has 14 heteroatoms. The Kier molecular flexibility index (Phi) is 5.68. The van der Waals surface area contributed by atoms with Gasteiger partial charge in [-0.15, -0.1) is 0 Å². The first-order chi connectivity index (χ1) is 21.2. The minimum Gasteiger partial charge on any atom is -0.331 e. The van der Waals surface area contributed by atoms with Crippen LogP contribution in [0.2, 0.25) is 0 Å². The van der Waals surface area contributed by atoms with Crippen molar-refractivity contribution in [2.75, 3.05) is 26.0 Å². The number of pyridine rings is 1. The maximum atomic E-state index is 14.7. The normalized spacial score (nSPS) is 27.1. The summed E-state index contributed by atoms with van der Waals surface area (Å²) in [7, 11) is 0. The lowest BCUT2D eigenvalue weighted by molar-refractivity contribution is -0.162. The van der Waals surface area contributed by atoms with Gasteiger partial charge in [0.25, 0.3) is 0 Å². The first-order valence-corrected chi connectivity index (χ1v) is 12.2. The number of aromatic nitrogens is 3. The first kappa shape index (κ1) is 20.9. The highest BCUT2D eigenvalue weighted by Crippen LogP contribution is 2.32. The van der Waals surface area contributed by atoms with Gasteiger partial charge in [0.1, 0.15) is 12.6 Å². The van der Waals surface area contributed by atoms with Crippen molar-refractivity contribution in [1.82, 2.24) is 29.7 Å². The molecule has 9 nitrogen and oxygen atoms in total. The van der Waals surface area contributed by atoms with Crippen LogP contribution in [0, 0.1) is 11.6 Å². The Bertz CT molecular complexity index is 1720. The molecule has 40 heavy (non-hydrogen) atoms. The molecule has 0 spiro atoms. The fourth-order valence-electron chi connectivity index (χ4n) is 4.79. The minimum absolute atomic E-state index is 0.152. The van der Waals surface area contributed by atoms with Crippen LogP contribution in [0.3, 0.4) is 0 Å². The van der Waals surface area contributed by atoms with E-state index in [1.807, 2.05) is 0 Å². The number of halogens is 5. The second-order valence-electron chi connectivity index (χ2n) is 9.33. The van der Waals surface area contributed by atoms with Gasteiger partial charge < -0.3 is 15.1 Å². The molecule has 0 radical (unpaired) electrons. The molecule has 0 bridgehead atoms. The van der Waals surface area contributed by atoms with Crippen molar-refractivity contribution in [3.8, 4) is 0 Å². The van der Waals surface area contributed by atoms with Gasteiger partial charge in [-0.05, 0) is 49.4 Å². The quantitative estimate of drug-likeness (QED) is 0.466. The van der Waals surface area contributed by atoms with E-state index in [4.69, 9.17) is 8.22 Å². The number of rotatable bonds is 4. The summed E-state index contributed by atoms with van der Waals surface area (Å²) in [5, 5.41) is 2.06. The molecule has 2 fully saturated rings. The number of imidazole rings is 1. The van der Waals surface area contributed by atoms with Gasteiger partial charge in [0.2, 0.25) is 5.91 Å². The summed E-state index contributed by atoms with van der Waals surface area (Å²) >= 11 is 0. The number of piperidine rings is 1. The summed E-state index contributed by atoms with van der Waals surface area (Å²) < 4.78 is 122. The van der Waals surface area contributed by atoms with Crippen molar-refractivity contribution in [3.63, 3.8) is 0 Å². The number of likely N-dealkylation sites (tertiary alicyclic amines) is 2. The number of hydrogen-bond donors (Lipinski definition) is 2. The smallest absolute Gasteiger partial charge is 0.331 e. The fraction of sp³-hybridized carbons (Fsp3) is 0.462. The van der Waals surface area contributed by atoms with Gasteiger partial charge >= 0.3 is 17.9 Å². The molecule has 4 heterocycles. The number of nitrogens with one attached hydrogen (secondary N) is 2. The summed E-state index contributed by atoms with van der Waals surface area (Å²) in [5.41, 5.74) is -0.903. The van der Waals surface area contributed by atoms with E-state index in [-0.39, 0.29) is 21.0 Å². The van der Waals surface area contributed by atoms with E-state index in [1.165, 1.54) is 18.3 Å². The number of carbonyl (C=O) groups excluding carboxylic acids is 2. The van der Waals surface area contributed by atoms with Gasteiger partial charge in [0.05, 0.1) is 8.26 Å². The third-order valence-electron chi connectivity index (χ3n) is 6.64. The van der Waals surface area contributed by atoms with Crippen molar-refractivity contribution in [3.05, 3.63) is 64.2 Å². The lowest BCUT2D eigenvalue weighted by Crippen LogP contribution is -2.54. The molecule has 3 aromatic rings. The predicted octanol–water partition coefficient (Wildman–Crippen LogP) is 3.69. The van der Waals surface area contributed by atoms with Crippen LogP contribution in [0.25, 0.3) is 11.2 Å². The maximum Gasteiger partial charge on any atom is 0.406 e. The van der Waals surface area contributed by atoms with Crippen LogP contribution in [-0.2, 0) is 4.79 Å². The van der Waals surface area contributed by atoms with E-state index in [0.717, 1.165) is 22.8 Å². The van der Waals surface area contributed by atoms with E-state index in [1.54, 1.807) is 0 Å². The fourth-order valence-corrected chi connectivity index (χ4v) is 4.79. The zero-order valence-electron chi connectivity index (χ0n) is 26.6. The zero-order chi connectivity index (χ0) is 34.0. The third-order valence-corrected chi connectivity index (χ3v) is 6.64. The van der Waals surface area contributed by atoms with Crippen LogP contribution in [-0.4, -0.2) is 74.5 Å². The van der Waals surface area contributed by atoms with Crippen molar-refractivity contribution >= 4 is 23.1 Å². The molecular formula is C26H27F5N6O3. The van der Waals surface area contributed by atoms with Gasteiger partial charge in [-0.3, -0.25) is 14.3 Å². The van der Waals surface area contributed by atoms with Crippen LogP contribution >= 0.6 is 0 Å². The molecule has 3 amide bonds. The molecule has 0 aliphatic carbocycles. The highest BCUT2D eigenvalue weighted by atomic mass is 19.4. The number of alkyl halides is 3. The summed E-state index contributed by atoms with van der Waals surface area (Å²) in [5.74, 6) is -6.31. The molecule has 2 aromatic heterocycles. The second-order valence-corrected chi connectivity index (χ2v) is 9.33. The Morgan fingerprint density at radius 2 is 1.85 bits per heavy atom. The predicted molar refractivity (Wildman–Crippen MR) is 133 cm³/mol. The number of hydrogen-bond acceptors (Lipinski definition) is 4. The van der Waals surface area contributed by atoms with Crippen LogP contribution in [0.15, 0.2) is 41.3 Å². The number of benzene rings is 1. The zero-order valence-corrected chi connectivity index (χ0v) is 20.6. The lowest BCUT2D eigenvalue weighted by atomic mass is 9.93. The number of urea groups is 1. The maximum absolute atomic E-state index is 14.7. The van der Waals surface area contributed by atoms with E-state index >= 15 is 0 Å². The molecule has 2 N–H and O–H groups in total. The standard InChI is InChI=1S/C26H27F5N6O3/c27-18-4-1-3-17(21(18)28)15-6-7-19(23(38)36(13-15)14-26(29,30)31)33-24(39)35-11-8-16(9-12-35)37-20-5-2-10-32-22(20)34-25(37)40/h1-5,10,15-16,19H,6-9,11-14H2,(H,33,39)(H,32,34,40)/t15-,19-/m1/s1/i11D2,12D2,13D2. The van der Waals surface area contributed by atoms with Crippen LogP contribution < -0.4 is 11.0 Å². The minimum atomic E-state index is -5.15. The number of H-pyrrole nitrogens is 1. The molecule has 0 saturated carbocycles. The lowest BCUT2D eigenvalue weighted by Gasteiger charge is -2.34. The number of carbonyl (C=O) groups is 2. The Morgan fingerprint density at radius 1 is 1.10 bits per heavy atom. The van der Waals surface area contributed by atoms with Gasteiger partial charge in [0.15, 0.2) is 17.3 Å². The average molecular weight is 573 g/mol. The molecule has 5 rings (SSSR count). The molecule has 2 aliphatic rings. The van der Waals surface area contributed by atoms with E-state index in [2.05, 4.69) is 15.3 Å². The van der Waals surface area contributed by atoms with Gasteiger partial charge in [-0.2, -0.15) is 13.2 Å². The monoisotopic (exact) mass is 572 g/mol. The number of fused-ring (bicyclic) bond motifs is 1. The van der Waals surface area contributed by atoms with E-state index in [0.29, 0.717) is 0 Å². The molecule has 214 valence electrons. The van der Waals surface area contributed by atoms with Crippen molar-refractivity contribution < 1.29 is 39.8 Å². The van der Waals surface area contributed by atoms with Gasteiger partial charge in [0, 0.05) is 43.1 Å². The molecule has 0 unspecified atom stereocenters.